The Morgan fingerprint density at radius 3 is 2.62 bits per heavy atom. The van der Waals surface area contributed by atoms with Gasteiger partial charge in [0.15, 0.2) is 9.84 Å². The number of rotatable bonds is 6. The highest BCUT2D eigenvalue weighted by molar-refractivity contribution is 9.10. The van der Waals surface area contributed by atoms with E-state index in [1.54, 1.807) is 52.5 Å². The van der Waals surface area contributed by atoms with E-state index in [1.807, 2.05) is 11.4 Å². The molecule has 9 heteroatoms. The molecule has 26 heavy (non-hydrogen) atoms. The zero-order valence-corrected chi connectivity index (χ0v) is 17.1. The van der Waals surface area contributed by atoms with Gasteiger partial charge in [-0.15, -0.1) is 11.3 Å². The monoisotopic (exact) mass is 453 g/mol. The van der Waals surface area contributed by atoms with Gasteiger partial charge >= 0.3 is 0 Å². The van der Waals surface area contributed by atoms with Crippen LogP contribution in [0.15, 0.2) is 52.4 Å². The van der Waals surface area contributed by atoms with Crippen molar-refractivity contribution in [2.45, 2.75) is 12.3 Å². The zero-order chi connectivity index (χ0) is 18.7. The highest BCUT2D eigenvalue weighted by Gasteiger charge is 2.11. The van der Waals surface area contributed by atoms with E-state index in [4.69, 9.17) is 0 Å². The maximum absolute atomic E-state index is 12.4. The number of halogens is 1. The number of nitrogens with one attached hydrogen (secondary N) is 1. The number of benzene rings is 1. The van der Waals surface area contributed by atoms with Gasteiger partial charge in [-0.3, -0.25) is 4.79 Å². The van der Waals surface area contributed by atoms with E-state index < -0.39 is 9.84 Å². The number of carbonyl (C=O) groups is 1. The van der Waals surface area contributed by atoms with Crippen molar-refractivity contribution in [3.05, 3.63) is 68.5 Å². The lowest BCUT2D eigenvalue weighted by atomic mass is 10.1. The van der Waals surface area contributed by atoms with Gasteiger partial charge in [0.05, 0.1) is 18.5 Å². The zero-order valence-electron chi connectivity index (χ0n) is 13.8. The molecule has 3 aromatic rings. The van der Waals surface area contributed by atoms with Gasteiger partial charge in [-0.25, -0.2) is 13.1 Å². The molecule has 0 bridgehead atoms. The first-order valence-corrected chi connectivity index (χ1v) is 11.4. The molecular weight excluding hydrogens is 438 g/mol. The predicted octanol–water partition coefficient (Wildman–Crippen LogP) is 3.55. The molecule has 6 nitrogen and oxygen atoms in total. The number of hydrogen-bond donors (Lipinski definition) is 1. The summed E-state index contributed by atoms with van der Waals surface area (Å²) in [6, 6.07) is 10.3. The molecule has 0 spiro atoms. The van der Waals surface area contributed by atoms with Gasteiger partial charge in [-0.2, -0.15) is 5.10 Å². The summed E-state index contributed by atoms with van der Waals surface area (Å²) in [5, 5.41) is 9.08. The van der Waals surface area contributed by atoms with Crippen molar-refractivity contribution < 1.29 is 13.2 Å². The van der Waals surface area contributed by atoms with Crippen molar-refractivity contribution in [1.82, 2.24) is 9.78 Å². The third kappa shape index (κ3) is 5.03. The SMILES string of the molecule is CS(=O)(=O)Cc1ccc(C(=O)Nc2ccnn2Cc2cc(Br)cs2)cc1. The van der Waals surface area contributed by atoms with Crippen molar-refractivity contribution >= 4 is 48.8 Å². The summed E-state index contributed by atoms with van der Waals surface area (Å²) in [4.78, 5) is 13.6. The molecule has 0 atom stereocenters. The molecule has 0 saturated carbocycles. The Morgan fingerprint density at radius 2 is 2.00 bits per heavy atom. The van der Waals surface area contributed by atoms with Gasteiger partial charge in [0.2, 0.25) is 0 Å². The van der Waals surface area contributed by atoms with E-state index in [2.05, 4.69) is 26.3 Å². The topological polar surface area (TPSA) is 81.1 Å². The Morgan fingerprint density at radius 1 is 1.27 bits per heavy atom. The fourth-order valence-corrected chi connectivity index (χ4v) is 4.62. The molecule has 0 unspecified atom stereocenters. The molecule has 2 aromatic heterocycles. The number of thiophene rings is 1. The van der Waals surface area contributed by atoms with Crippen LogP contribution >= 0.6 is 27.3 Å². The van der Waals surface area contributed by atoms with E-state index in [-0.39, 0.29) is 11.7 Å². The molecule has 0 aliphatic carbocycles. The molecule has 0 radical (unpaired) electrons. The van der Waals surface area contributed by atoms with Gasteiger partial charge < -0.3 is 5.32 Å². The van der Waals surface area contributed by atoms with E-state index in [9.17, 15) is 13.2 Å². The Hall–Kier alpha value is -1.97. The average Bonchev–Trinajstić information content (AvgIpc) is 3.16. The van der Waals surface area contributed by atoms with Crippen LogP contribution in [-0.4, -0.2) is 30.4 Å². The minimum atomic E-state index is -3.10. The van der Waals surface area contributed by atoms with E-state index >= 15 is 0 Å². The molecule has 0 saturated heterocycles. The summed E-state index contributed by atoms with van der Waals surface area (Å²) in [7, 11) is -3.10. The van der Waals surface area contributed by atoms with Crippen molar-refractivity contribution in [2.24, 2.45) is 0 Å². The quantitative estimate of drug-likeness (QED) is 0.618. The van der Waals surface area contributed by atoms with Gasteiger partial charge in [0.1, 0.15) is 5.82 Å². The fraction of sp³-hybridized carbons (Fsp3) is 0.176. The van der Waals surface area contributed by atoms with Crippen LogP contribution in [0.1, 0.15) is 20.8 Å². The highest BCUT2D eigenvalue weighted by atomic mass is 79.9. The third-order valence-corrected chi connectivity index (χ3v) is 6.07. The molecule has 1 N–H and O–H groups in total. The van der Waals surface area contributed by atoms with Gasteiger partial charge in [-0.05, 0) is 39.7 Å². The molecule has 1 aromatic carbocycles. The van der Waals surface area contributed by atoms with Crippen LogP contribution < -0.4 is 5.32 Å². The molecule has 1 amide bonds. The molecule has 0 aliphatic heterocycles. The first kappa shape index (κ1) is 18.8. The second kappa shape index (κ2) is 7.73. The minimum absolute atomic E-state index is 0.0436. The van der Waals surface area contributed by atoms with Crippen LogP contribution in [0, 0.1) is 0 Å². The fourth-order valence-electron chi connectivity index (χ4n) is 2.39. The number of hydrogen-bond acceptors (Lipinski definition) is 5. The van der Waals surface area contributed by atoms with E-state index in [0.717, 1.165) is 9.35 Å². The lowest BCUT2D eigenvalue weighted by Gasteiger charge is -2.09. The molecule has 2 heterocycles. The number of carbonyl (C=O) groups excluding carboxylic acids is 1. The van der Waals surface area contributed by atoms with E-state index in [0.29, 0.717) is 23.5 Å². The highest BCUT2D eigenvalue weighted by Crippen LogP contribution is 2.22. The smallest absolute Gasteiger partial charge is 0.256 e. The summed E-state index contributed by atoms with van der Waals surface area (Å²) in [6.07, 6.45) is 2.81. The maximum Gasteiger partial charge on any atom is 0.256 e. The lowest BCUT2D eigenvalue weighted by Crippen LogP contribution is -2.16. The Balaban J connectivity index is 1.69. The average molecular weight is 454 g/mol. The summed E-state index contributed by atoms with van der Waals surface area (Å²) >= 11 is 5.03. The van der Waals surface area contributed by atoms with Crippen LogP contribution in [0.2, 0.25) is 0 Å². The molecular formula is C17H16BrN3O3S2. The summed E-state index contributed by atoms with van der Waals surface area (Å²) < 4.78 is 25.4. The van der Waals surface area contributed by atoms with Crippen LogP contribution in [0.5, 0.6) is 0 Å². The van der Waals surface area contributed by atoms with Crippen molar-refractivity contribution in [1.29, 1.82) is 0 Å². The molecule has 0 aliphatic rings. The van der Waals surface area contributed by atoms with Crippen molar-refractivity contribution in [2.75, 3.05) is 11.6 Å². The number of anilines is 1. The van der Waals surface area contributed by atoms with Crippen LogP contribution in [-0.2, 0) is 22.1 Å². The number of nitrogens with zero attached hydrogens (tertiary/aromatic N) is 2. The van der Waals surface area contributed by atoms with Gasteiger partial charge in [-0.1, -0.05) is 12.1 Å². The number of sulfone groups is 1. The van der Waals surface area contributed by atoms with Crippen LogP contribution in [0.4, 0.5) is 5.82 Å². The van der Waals surface area contributed by atoms with E-state index in [1.165, 1.54) is 6.26 Å². The second-order valence-corrected chi connectivity index (χ2v) is 9.88. The third-order valence-electron chi connectivity index (χ3n) is 3.53. The summed E-state index contributed by atoms with van der Waals surface area (Å²) in [5.41, 5.74) is 1.10. The van der Waals surface area contributed by atoms with Crippen LogP contribution in [0.25, 0.3) is 0 Å². The Bertz CT molecular complexity index is 1020. The lowest BCUT2D eigenvalue weighted by molar-refractivity contribution is 0.102. The van der Waals surface area contributed by atoms with Gasteiger partial charge in [0.25, 0.3) is 5.91 Å². The molecule has 0 fully saturated rings. The van der Waals surface area contributed by atoms with Crippen LogP contribution in [0.3, 0.4) is 0 Å². The minimum Gasteiger partial charge on any atom is -0.307 e. The molecule has 136 valence electrons. The van der Waals surface area contributed by atoms with Gasteiger partial charge in [0, 0.05) is 32.6 Å². The standard InChI is InChI=1S/C17H16BrN3O3S2/c1-26(23,24)11-12-2-4-13(5-3-12)17(22)20-16-6-7-19-21(16)9-15-8-14(18)10-25-15/h2-8,10H,9,11H2,1H3,(H,20,22). The van der Waals surface area contributed by atoms with Crippen molar-refractivity contribution in [3.63, 3.8) is 0 Å². The first-order chi connectivity index (χ1) is 12.3. The molecule has 3 rings (SSSR count). The summed E-state index contributed by atoms with van der Waals surface area (Å²) in [6.45, 7) is 0.562. The summed E-state index contributed by atoms with van der Waals surface area (Å²) in [5.74, 6) is 0.280. The predicted molar refractivity (Wildman–Crippen MR) is 106 cm³/mol. The number of aromatic nitrogens is 2. The first-order valence-electron chi connectivity index (χ1n) is 7.63. The normalized spacial score (nSPS) is 11.5. The van der Waals surface area contributed by atoms with Crippen molar-refractivity contribution in [3.8, 4) is 0 Å². The Kier molecular flexibility index (Phi) is 5.59. The largest absolute Gasteiger partial charge is 0.307 e. The number of amides is 1. The second-order valence-electron chi connectivity index (χ2n) is 5.83. The maximum atomic E-state index is 12.4. The Labute approximate surface area is 163 Å².